The van der Waals surface area contributed by atoms with Crippen LogP contribution in [0.15, 0.2) is 51.7 Å². The number of nitrogens with one attached hydrogen (secondary N) is 1. The summed E-state index contributed by atoms with van der Waals surface area (Å²) >= 11 is 0. The minimum Gasteiger partial charge on any atom is -0.454 e. The lowest BCUT2D eigenvalue weighted by atomic mass is 10.1. The van der Waals surface area contributed by atoms with Crippen molar-refractivity contribution in [3.05, 3.63) is 58.5 Å². The van der Waals surface area contributed by atoms with Crippen molar-refractivity contribution in [2.75, 3.05) is 18.0 Å². The lowest BCUT2D eigenvalue weighted by Crippen LogP contribution is -2.36. The highest BCUT2D eigenvalue weighted by Gasteiger charge is 2.35. The first-order valence-electron chi connectivity index (χ1n) is 8.79. The van der Waals surface area contributed by atoms with Crippen LogP contribution in [0, 0.1) is 0 Å². The molecule has 1 aliphatic rings. The maximum Gasteiger partial charge on any atom is 0.449 e. The average molecular weight is 385 g/mol. The van der Waals surface area contributed by atoms with Crippen molar-refractivity contribution in [2.24, 2.45) is 0 Å². The minimum atomic E-state index is -4.62. The highest BCUT2D eigenvalue weighted by Crippen LogP contribution is 2.32. The Labute approximate surface area is 156 Å². The summed E-state index contributed by atoms with van der Waals surface area (Å²) in [5.74, 6) is -0.828. The van der Waals surface area contributed by atoms with Crippen LogP contribution in [0.25, 0.3) is 33.3 Å². The van der Waals surface area contributed by atoms with Crippen LogP contribution in [0.3, 0.4) is 0 Å². The van der Waals surface area contributed by atoms with Crippen LogP contribution in [0.1, 0.15) is 12.2 Å². The summed E-state index contributed by atoms with van der Waals surface area (Å²) in [6.45, 7) is 2.04. The van der Waals surface area contributed by atoms with Crippen molar-refractivity contribution in [2.45, 2.75) is 12.6 Å². The van der Waals surface area contributed by atoms with Gasteiger partial charge in [-0.1, -0.05) is 0 Å². The molecule has 0 radical (unpaired) electrons. The molecule has 0 spiro atoms. The number of rotatable bonds is 2. The van der Waals surface area contributed by atoms with Gasteiger partial charge in [0.25, 0.3) is 0 Å². The quantitative estimate of drug-likeness (QED) is 0.549. The Hall–Kier alpha value is -3.29. The van der Waals surface area contributed by atoms with E-state index >= 15 is 0 Å². The molecular formula is C20H14F3N3O2. The maximum atomic E-state index is 13.0. The molecule has 5 rings (SSSR count). The molecule has 28 heavy (non-hydrogen) atoms. The van der Waals surface area contributed by atoms with Gasteiger partial charge in [0.1, 0.15) is 11.3 Å². The van der Waals surface area contributed by atoms with Gasteiger partial charge in [-0.15, -0.1) is 0 Å². The van der Waals surface area contributed by atoms with E-state index in [1.165, 1.54) is 24.6 Å². The lowest BCUT2D eigenvalue weighted by Gasteiger charge is -2.33. The number of nitrogens with zero attached hydrogens (tertiary/aromatic N) is 2. The molecule has 1 aliphatic heterocycles. The van der Waals surface area contributed by atoms with E-state index in [0.717, 1.165) is 18.8 Å². The third-order valence-electron chi connectivity index (χ3n) is 4.99. The smallest absolute Gasteiger partial charge is 0.449 e. The van der Waals surface area contributed by atoms with Gasteiger partial charge < -0.3 is 14.3 Å². The number of imidazole rings is 1. The molecule has 5 nitrogen and oxygen atoms in total. The summed E-state index contributed by atoms with van der Waals surface area (Å²) in [6.07, 6.45) is -3.45. The molecule has 1 fully saturated rings. The van der Waals surface area contributed by atoms with Crippen molar-refractivity contribution < 1.29 is 17.6 Å². The van der Waals surface area contributed by atoms with E-state index in [2.05, 4.69) is 14.9 Å². The zero-order valence-electron chi connectivity index (χ0n) is 14.5. The number of hydrogen-bond donors (Lipinski definition) is 1. The Balaban J connectivity index is 1.66. The van der Waals surface area contributed by atoms with Gasteiger partial charge in [0.2, 0.25) is 5.82 Å². The summed E-state index contributed by atoms with van der Waals surface area (Å²) in [6, 6.07) is 11.7. The molecule has 3 heterocycles. The molecule has 4 aromatic rings. The molecule has 0 amide bonds. The lowest BCUT2D eigenvalue weighted by molar-refractivity contribution is -0.144. The Morgan fingerprint density at radius 3 is 2.46 bits per heavy atom. The van der Waals surface area contributed by atoms with Crippen LogP contribution in [-0.2, 0) is 6.18 Å². The fourth-order valence-electron chi connectivity index (χ4n) is 3.38. The summed E-state index contributed by atoms with van der Waals surface area (Å²) in [7, 11) is 0. The molecule has 0 saturated carbocycles. The SMILES string of the molecule is O=c1cc(-c2ccc(N3CCC3)cc2)oc2c1ccc1nc(C(F)(F)F)[nH]c12. The predicted molar refractivity (Wildman–Crippen MR) is 99.4 cm³/mol. The highest BCUT2D eigenvalue weighted by molar-refractivity contribution is 6.00. The van der Waals surface area contributed by atoms with Crippen molar-refractivity contribution in [3.8, 4) is 11.3 Å². The fourth-order valence-corrected chi connectivity index (χ4v) is 3.38. The Morgan fingerprint density at radius 1 is 1.07 bits per heavy atom. The van der Waals surface area contributed by atoms with Gasteiger partial charge in [-0.2, -0.15) is 13.2 Å². The molecule has 0 atom stereocenters. The van der Waals surface area contributed by atoms with Gasteiger partial charge in [0, 0.05) is 30.4 Å². The molecule has 2 aromatic carbocycles. The van der Waals surface area contributed by atoms with Crippen LogP contribution in [0.4, 0.5) is 18.9 Å². The molecular weight excluding hydrogens is 371 g/mol. The number of H-pyrrole nitrogens is 1. The molecule has 1 N–H and O–H groups in total. The number of benzene rings is 2. The molecule has 1 saturated heterocycles. The van der Waals surface area contributed by atoms with Gasteiger partial charge >= 0.3 is 6.18 Å². The average Bonchev–Trinajstić information content (AvgIpc) is 3.06. The first-order valence-corrected chi connectivity index (χ1v) is 8.79. The molecule has 2 aromatic heterocycles. The monoisotopic (exact) mass is 385 g/mol. The van der Waals surface area contributed by atoms with E-state index in [1.54, 1.807) is 0 Å². The van der Waals surface area contributed by atoms with Gasteiger partial charge in [-0.3, -0.25) is 4.79 Å². The number of alkyl halides is 3. The fraction of sp³-hybridized carbons (Fsp3) is 0.200. The van der Waals surface area contributed by atoms with Crippen LogP contribution in [0.2, 0.25) is 0 Å². The van der Waals surface area contributed by atoms with Crippen LogP contribution in [0.5, 0.6) is 0 Å². The number of halogens is 3. The molecule has 0 unspecified atom stereocenters. The predicted octanol–water partition coefficient (Wildman–Crippen LogP) is 4.57. The van der Waals surface area contributed by atoms with Gasteiger partial charge in [0.15, 0.2) is 11.0 Å². The minimum absolute atomic E-state index is 0.0565. The number of hydrogen-bond acceptors (Lipinski definition) is 4. The number of fused-ring (bicyclic) bond motifs is 3. The number of aromatic amines is 1. The first kappa shape index (κ1) is 16.9. The van der Waals surface area contributed by atoms with Gasteiger partial charge in [-0.25, -0.2) is 4.98 Å². The second-order valence-electron chi connectivity index (χ2n) is 6.78. The van der Waals surface area contributed by atoms with Crippen LogP contribution in [-0.4, -0.2) is 23.1 Å². The Morgan fingerprint density at radius 2 is 1.82 bits per heavy atom. The van der Waals surface area contributed by atoms with E-state index in [4.69, 9.17) is 4.42 Å². The number of aromatic nitrogens is 2. The Bertz CT molecular complexity index is 1250. The molecule has 8 heteroatoms. The zero-order valence-corrected chi connectivity index (χ0v) is 14.5. The summed E-state index contributed by atoms with van der Waals surface area (Å²) in [5, 5.41) is 0.200. The van der Waals surface area contributed by atoms with Crippen molar-refractivity contribution in [3.63, 3.8) is 0 Å². The molecule has 142 valence electrons. The standard InChI is InChI=1S/C20H14F3N3O2/c21-20(22,23)19-24-14-7-6-13-15(27)10-16(28-18(13)17(14)25-19)11-2-4-12(5-3-11)26-8-1-9-26/h2-7,10H,1,8-9H2,(H,24,25). The zero-order chi connectivity index (χ0) is 19.5. The van der Waals surface area contributed by atoms with E-state index in [0.29, 0.717) is 11.3 Å². The summed E-state index contributed by atoms with van der Waals surface area (Å²) in [5.41, 5.74) is 1.65. The highest BCUT2D eigenvalue weighted by atomic mass is 19.4. The van der Waals surface area contributed by atoms with Gasteiger partial charge in [0.05, 0.1) is 10.9 Å². The molecule has 0 aliphatic carbocycles. The van der Waals surface area contributed by atoms with Crippen LogP contribution >= 0.6 is 0 Å². The molecule has 0 bridgehead atoms. The van der Waals surface area contributed by atoms with E-state index < -0.39 is 12.0 Å². The van der Waals surface area contributed by atoms with Crippen molar-refractivity contribution in [1.29, 1.82) is 0 Å². The summed E-state index contributed by atoms with van der Waals surface area (Å²) in [4.78, 5) is 20.6. The van der Waals surface area contributed by atoms with Crippen molar-refractivity contribution >= 4 is 27.7 Å². The third kappa shape index (κ3) is 2.64. The van der Waals surface area contributed by atoms with E-state index in [9.17, 15) is 18.0 Å². The number of anilines is 1. The van der Waals surface area contributed by atoms with E-state index in [1.807, 2.05) is 24.3 Å². The first-order chi connectivity index (χ1) is 13.4. The summed E-state index contributed by atoms with van der Waals surface area (Å²) < 4.78 is 44.8. The topological polar surface area (TPSA) is 62.1 Å². The van der Waals surface area contributed by atoms with Crippen molar-refractivity contribution in [1.82, 2.24) is 9.97 Å². The maximum absolute atomic E-state index is 13.0. The second-order valence-corrected chi connectivity index (χ2v) is 6.78. The Kier molecular flexibility index (Phi) is 3.52. The van der Waals surface area contributed by atoms with E-state index in [-0.39, 0.29) is 27.4 Å². The van der Waals surface area contributed by atoms with Crippen LogP contribution < -0.4 is 10.3 Å². The van der Waals surface area contributed by atoms with Gasteiger partial charge in [-0.05, 0) is 42.8 Å². The largest absolute Gasteiger partial charge is 0.454 e. The third-order valence-corrected chi connectivity index (χ3v) is 4.99. The second kappa shape index (κ2) is 5.85. The normalized spacial score (nSPS) is 14.6.